The molecule has 0 fully saturated rings. The van der Waals surface area contributed by atoms with Gasteiger partial charge in [0.05, 0.1) is 25.8 Å². The van der Waals surface area contributed by atoms with Crippen LogP contribution in [0.4, 0.5) is 0 Å². The Hall–Kier alpha value is -1.65. The van der Waals surface area contributed by atoms with E-state index in [1.165, 1.54) is 14.2 Å². The molecule has 0 aromatic carbocycles. The molecule has 0 saturated carbocycles. The fraction of sp³-hybridized carbons (Fsp3) is 0.500. The normalized spacial score (nSPS) is 12.0. The third kappa shape index (κ3) is 2.65. The van der Waals surface area contributed by atoms with Crippen molar-refractivity contribution in [3.8, 4) is 5.88 Å². The van der Waals surface area contributed by atoms with Crippen molar-refractivity contribution in [1.29, 1.82) is 0 Å². The molecule has 82 valence electrons. The summed E-state index contributed by atoms with van der Waals surface area (Å²) in [5.74, 6) is 0.286. The van der Waals surface area contributed by atoms with Crippen LogP contribution in [0.15, 0.2) is 6.07 Å². The molecule has 1 heterocycles. The SMILES string of the molecule is COC(=O)C(C)c1cc(OC)nc(C)n1. The van der Waals surface area contributed by atoms with Gasteiger partial charge in [0.1, 0.15) is 5.82 Å². The van der Waals surface area contributed by atoms with Gasteiger partial charge >= 0.3 is 5.97 Å². The van der Waals surface area contributed by atoms with E-state index in [-0.39, 0.29) is 5.97 Å². The van der Waals surface area contributed by atoms with Gasteiger partial charge in [-0.05, 0) is 13.8 Å². The Morgan fingerprint density at radius 3 is 2.60 bits per heavy atom. The molecule has 1 rings (SSSR count). The van der Waals surface area contributed by atoms with E-state index < -0.39 is 5.92 Å². The Bertz CT molecular complexity index is 366. The molecule has 5 heteroatoms. The van der Waals surface area contributed by atoms with Crippen molar-refractivity contribution >= 4 is 5.97 Å². The zero-order chi connectivity index (χ0) is 11.4. The van der Waals surface area contributed by atoms with Crippen molar-refractivity contribution in [1.82, 2.24) is 9.97 Å². The van der Waals surface area contributed by atoms with Crippen molar-refractivity contribution in [2.45, 2.75) is 19.8 Å². The van der Waals surface area contributed by atoms with Crippen LogP contribution in [0, 0.1) is 6.92 Å². The minimum atomic E-state index is -0.411. The maximum absolute atomic E-state index is 11.3. The van der Waals surface area contributed by atoms with Crippen molar-refractivity contribution in [2.75, 3.05) is 14.2 Å². The summed E-state index contributed by atoms with van der Waals surface area (Å²) in [7, 11) is 2.87. The largest absolute Gasteiger partial charge is 0.481 e. The number of aryl methyl sites for hydroxylation is 1. The first-order valence-electron chi connectivity index (χ1n) is 4.56. The van der Waals surface area contributed by atoms with Gasteiger partial charge in [-0.25, -0.2) is 4.98 Å². The summed E-state index contributed by atoms with van der Waals surface area (Å²) in [4.78, 5) is 19.5. The Morgan fingerprint density at radius 1 is 1.40 bits per heavy atom. The molecule has 0 N–H and O–H groups in total. The van der Waals surface area contributed by atoms with E-state index in [0.717, 1.165) is 0 Å². The third-order valence-electron chi connectivity index (χ3n) is 2.04. The van der Waals surface area contributed by atoms with Gasteiger partial charge in [0.25, 0.3) is 0 Å². The molecule has 1 atom stereocenters. The summed E-state index contributed by atoms with van der Waals surface area (Å²) in [5.41, 5.74) is 0.603. The molecule has 0 aliphatic heterocycles. The van der Waals surface area contributed by atoms with Crippen molar-refractivity contribution < 1.29 is 14.3 Å². The van der Waals surface area contributed by atoms with Crippen LogP contribution in [0.5, 0.6) is 5.88 Å². The highest BCUT2D eigenvalue weighted by Crippen LogP contribution is 2.18. The maximum atomic E-state index is 11.3. The monoisotopic (exact) mass is 210 g/mol. The number of rotatable bonds is 3. The number of nitrogens with zero attached hydrogens (tertiary/aromatic N) is 2. The average Bonchev–Trinajstić information content (AvgIpc) is 2.26. The van der Waals surface area contributed by atoms with E-state index in [4.69, 9.17) is 4.74 Å². The number of methoxy groups -OCH3 is 2. The van der Waals surface area contributed by atoms with Gasteiger partial charge in [-0.3, -0.25) is 4.79 Å². The van der Waals surface area contributed by atoms with E-state index >= 15 is 0 Å². The number of ether oxygens (including phenoxy) is 2. The second-order valence-corrected chi connectivity index (χ2v) is 3.13. The average molecular weight is 210 g/mol. The maximum Gasteiger partial charge on any atom is 0.314 e. The fourth-order valence-electron chi connectivity index (χ4n) is 1.19. The number of hydrogen-bond acceptors (Lipinski definition) is 5. The molecular weight excluding hydrogens is 196 g/mol. The van der Waals surface area contributed by atoms with Crippen LogP contribution in [0.1, 0.15) is 24.4 Å². The van der Waals surface area contributed by atoms with Gasteiger partial charge in [-0.2, -0.15) is 4.98 Å². The van der Waals surface area contributed by atoms with E-state index in [2.05, 4.69) is 14.7 Å². The number of aromatic nitrogens is 2. The molecule has 0 aliphatic rings. The Morgan fingerprint density at radius 2 is 2.07 bits per heavy atom. The molecule has 15 heavy (non-hydrogen) atoms. The highest BCUT2D eigenvalue weighted by molar-refractivity contribution is 5.76. The Balaban J connectivity index is 3.03. The number of carbonyl (C=O) groups excluding carboxylic acids is 1. The quantitative estimate of drug-likeness (QED) is 0.698. The molecule has 0 bridgehead atoms. The third-order valence-corrected chi connectivity index (χ3v) is 2.04. The van der Waals surface area contributed by atoms with Gasteiger partial charge in [0.15, 0.2) is 0 Å². The topological polar surface area (TPSA) is 61.3 Å². The summed E-state index contributed by atoms with van der Waals surface area (Å²) >= 11 is 0. The lowest BCUT2D eigenvalue weighted by Crippen LogP contribution is -2.13. The molecule has 0 saturated heterocycles. The van der Waals surface area contributed by atoms with E-state index in [1.807, 2.05) is 0 Å². The summed E-state index contributed by atoms with van der Waals surface area (Å²) in [6.07, 6.45) is 0. The lowest BCUT2D eigenvalue weighted by atomic mass is 10.1. The lowest BCUT2D eigenvalue weighted by molar-refractivity contribution is -0.142. The van der Waals surface area contributed by atoms with E-state index in [0.29, 0.717) is 17.4 Å². The molecule has 5 nitrogen and oxygen atoms in total. The number of hydrogen-bond donors (Lipinski definition) is 0. The van der Waals surface area contributed by atoms with E-state index in [1.54, 1.807) is 19.9 Å². The van der Waals surface area contributed by atoms with Crippen LogP contribution >= 0.6 is 0 Å². The predicted molar refractivity (Wildman–Crippen MR) is 53.8 cm³/mol. The van der Waals surface area contributed by atoms with Gasteiger partial charge < -0.3 is 9.47 Å². The second kappa shape index (κ2) is 4.72. The number of carbonyl (C=O) groups is 1. The molecule has 0 aliphatic carbocycles. The van der Waals surface area contributed by atoms with Crippen molar-refractivity contribution in [2.24, 2.45) is 0 Å². The van der Waals surface area contributed by atoms with Gasteiger partial charge in [-0.1, -0.05) is 0 Å². The van der Waals surface area contributed by atoms with Crippen LogP contribution in [0.3, 0.4) is 0 Å². The summed E-state index contributed by atoms with van der Waals surface area (Å²) in [6.45, 7) is 3.48. The first kappa shape index (κ1) is 11.4. The summed E-state index contributed by atoms with van der Waals surface area (Å²) in [6, 6.07) is 1.63. The molecule has 0 spiro atoms. The number of esters is 1. The molecule has 1 aromatic rings. The molecule has 0 amide bonds. The second-order valence-electron chi connectivity index (χ2n) is 3.13. The zero-order valence-electron chi connectivity index (χ0n) is 9.27. The Labute approximate surface area is 88.4 Å². The molecular formula is C10H14N2O3. The summed E-state index contributed by atoms with van der Waals surface area (Å²) in [5, 5.41) is 0. The van der Waals surface area contributed by atoms with Crippen molar-refractivity contribution in [3.05, 3.63) is 17.6 Å². The minimum Gasteiger partial charge on any atom is -0.481 e. The minimum absolute atomic E-state index is 0.324. The van der Waals surface area contributed by atoms with Crippen LogP contribution < -0.4 is 4.74 Å². The van der Waals surface area contributed by atoms with Crippen LogP contribution in [-0.4, -0.2) is 30.2 Å². The lowest BCUT2D eigenvalue weighted by Gasteiger charge is -2.10. The fourth-order valence-corrected chi connectivity index (χ4v) is 1.19. The standard InChI is InChI=1S/C10H14N2O3/c1-6(10(13)15-4)8-5-9(14-3)12-7(2)11-8/h5-6H,1-4H3. The molecule has 1 aromatic heterocycles. The zero-order valence-corrected chi connectivity index (χ0v) is 9.27. The predicted octanol–water partition coefficient (Wildman–Crippen LogP) is 1.07. The smallest absolute Gasteiger partial charge is 0.314 e. The van der Waals surface area contributed by atoms with Crippen molar-refractivity contribution in [3.63, 3.8) is 0 Å². The Kier molecular flexibility index (Phi) is 3.60. The molecule has 0 radical (unpaired) electrons. The molecule has 1 unspecified atom stereocenters. The van der Waals surface area contributed by atoms with Gasteiger partial charge in [-0.15, -0.1) is 0 Å². The van der Waals surface area contributed by atoms with Crippen LogP contribution in [0.2, 0.25) is 0 Å². The van der Waals surface area contributed by atoms with Crippen LogP contribution in [-0.2, 0) is 9.53 Å². The van der Waals surface area contributed by atoms with Gasteiger partial charge in [0.2, 0.25) is 5.88 Å². The highest BCUT2D eigenvalue weighted by atomic mass is 16.5. The first-order valence-corrected chi connectivity index (χ1v) is 4.56. The highest BCUT2D eigenvalue weighted by Gasteiger charge is 2.18. The van der Waals surface area contributed by atoms with Gasteiger partial charge in [0, 0.05) is 6.07 Å². The van der Waals surface area contributed by atoms with Crippen LogP contribution in [0.25, 0.3) is 0 Å². The summed E-state index contributed by atoms with van der Waals surface area (Å²) < 4.78 is 9.64. The van der Waals surface area contributed by atoms with E-state index in [9.17, 15) is 4.79 Å². The first-order chi connectivity index (χ1) is 7.08.